The first-order valence-electron chi connectivity index (χ1n) is 9.68. The van der Waals surface area contributed by atoms with Crippen molar-refractivity contribution in [2.24, 2.45) is 11.8 Å². The number of piperidine rings is 2. The van der Waals surface area contributed by atoms with Gasteiger partial charge in [0.25, 0.3) is 0 Å². The summed E-state index contributed by atoms with van der Waals surface area (Å²) in [5.74, 6) is 1.95. The number of carbonyl (C=O) groups excluding carboxylic acids is 1. The van der Waals surface area contributed by atoms with Gasteiger partial charge in [0.15, 0.2) is 0 Å². The van der Waals surface area contributed by atoms with Crippen LogP contribution >= 0.6 is 0 Å². The number of likely N-dealkylation sites (tertiary alicyclic amines) is 2. The molecule has 3 heterocycles. The molecule has 1 aromatic heterocycles. The molecule has 2 aliphatic heterocycles. The highest BCUT2D eigenvalue weighted by molar-refractivity contribution is 5.76. The van der Waals surface area contributed by atoms with E-state index in [2.05, 4.69) is 32.7 Å². The zero-order valence-corrected chi connectivity index (χ0v) is 14.9. The Morgan fingerprint density at radius 2 is 2.08 bits per heavy atom. The lowest BCUT2D eigenvalue weighted by Crippen LogP contribution is -2.41. The quantitative estimate of drug-likeness (QED) is 0.832. The second-order valence-electron chi connectivity index (χ2n) is 8.14. The van der Waals surface area contributed by atoms with Gasteiger partial charge in [-0.25, -0.2) is 0 Å². The second-order valence-corrected chi connectivity index (χ2v) is 8.14. The molecular formula is C19H30N4O. The van der Waals surface area contributed by atoms with Crippen molar-refractivity contribution < 1.29 is 4.79 Å². The lowest BCUT2D eigenvalue weighted by Gasteiger charge is -2.33. The summed E-state index contributed by atoms with van der Waals surface area (Å²) in [6.07, 6.45) is 11.1. The fraction of sp³-hybridized carbons (Fsp3) is 0.789. The number of fused-ring (bicyclic) bond motifs is 2. The summed E-state index contributed by atoms with van der Waals surface area (Å²) >= 11 is 0. The number of hydrogen-bond donors (Lipinski definition) is 0. The molecule has 0 aromatic carbocycles. The molecule has 132 valence electrons. The molecule has 0 unspecified atom stereocenters. The number of aromatic nitrogens is 2. The molecular weight excluding hydrogens is 300 g/mol. The maximum atomic E-state index is 12.5. The largest absolute Gasteiger partial charge is 0.343 e. The summed E-state index contributed by atoms with van der Waals surface area (Å²) in [5, 5.41) is 4.39. The molecule has 2 saturated heterocycles. The maximum absolute atomic E-state index is 12.5. The molecule has 0 N–H and O–H groups in total. The number of nitrogens with zero attached hydrogens (tertiary/aromatic N) is 4. The molecule has 3 fully saturated rings. The van der Waals surface area contributed by atoms with Crippen LogP contribution in [0.3, 0.4) is 0 Å². The van der Waals surface area contributed by atoms with Crippen LogP contribution in [0.2, 0.25) is 0 Å². The van der Waals surface area contributed by atoms with Crippen molar-refractivity contribution in [1.29, 1.82) is 0 Å². The monoisotopic (exact) mass is 330 g/mol. The molecule has 2 bridgehead atoms. The van der Waals surface area contributed by atoms with Crippen molar-refractivity contribution in [2.75, 3.05) is 26.2 Å². The Labute approximate surface area is 145 Å². The second kappa shape index (κ2) is 6.87. The van der Waals surface area contributed by atoms with Gasteiger partial charge >= 0.3 is 0 Å². The van der Waals surface area contributed by atoms with Crippen molar-refractivity contribution in [3.05, 3.63) is 18.0 Å². The standard InChI is InChI=1S/C19H30N4O/c1-15-11-20-23(12-15)14-16-4-7-21(8-5-16)19(24)6-9-22-13-17-2-3-18(22)10-17/h11-12,16-18H,2-10,13-14H2,1H3/t17-,18+/m0/s1. The van der Waals surface area contributed by atoms with E-state index in [4.69, 9.17) is 0 Å². The molecule has 4 rings (SSSR count). The fourth-order valence-corrected chi connectivity index (χ4v) is 4.89. The number of amides is 1. The van der Waals surface area contributed by atoms with Crippen molar-refractivity contribution in [3.8, 4) is 0 Å². The first kappa shape index (κ1) is 16.1. The third-order valence-electron chi connectivity index (χ3n) is 6.31. The molecule has 1 aromatic rings. The van der Waals surface area contributed by atoms with Crippen molar-refractivity contribution in [3.63, 3.8) is 0 Å². The summed E-state index contributed by atoms with van der Waals surface area (Å²) in [6.45, 7) is 7.14. The van der Waals surface area contributed by atoms with Crippen molar-refractivity contribution in [2.45, 2.75) is 58.0 Å². The van der Waals surface area contributed by atoms with Crippen LogP contribution in [-0.4, -0.2) is 57.7 Å². The summed E-state index contributed by atoms with van der Waals surface area (Å²) in [7, 11) is 0. The van der Waals surface area contributed by atoms with Gasteiger partial charge in [-0.15, -0.1) is 0 Å². The van der Waals surface area contributed by atoms with Gasteiger partial charge in [0, 0.05) is 51.4 Å². The Hall–Kier alpha value is -1.36. The van der Waals surface area contributed by atoms with Gasteiger partial charge in [-0.3, -0.25) is 14.4 Å². The topological polar surface area (TPSA) is 41.4 Å². The smallest absolute Gasteiger partial charge is 0.223 e. The third-order valence-corrected chi connectivity index (χ3v) is 6.31. The molecule has 24 heavy (non-hydrogen) atoms. The number of rotatable bonds is 5. The molecule has 0 spiro atoms. The van der Waals surface area contributed by atoms with Gasteiger partial charge in [-0.2, -0.15) is 5.10 Å². The molecule has 2 atom stereocenters. The number of carbonyl (C=O) groups is 1. The van der Waals surface area contributed by atoms with Crippen LogP contribution in [0.5, 0.6) is 0 Å². The van der Waals surface area contributed by atoms with E-state index in [-0.39, 0.29) is 0 Å². The fourth-order valence-electron chi connectivity index (χ4n) is 4.89. The van der Waals surface area contributed by atoms with Gasteiger partial charge < -0.3 is 4.90 Å². The Morgan fingerprint density at radius 3 is 2.71 bits per heavy atom. The maximum Gasteiger partial charge on any atom is 0.223 e. The van der Waals surface area contributed by atoms with Gasteiger partial charge in [0.2, 0.25) is 5.91 Å². The normalized spacial score (nSPS) is 28.0. The van der Waals surface area contributed by atoms with Crippen LogP contribution < -0.4 is 0 Å². The van der Waals surface area contributed by atoms with E-state index >= 15 is 0 Å². The van der Waals surface area contributed by atoms with Crippen LogP contribution in [-0.2, 0) is 11.3 Å². The lowest BCUT2D eigenvalue weighted by molar-refractivity contribution is -0.133. The average molecular weight is 330 g/mol. The van der Waals surface area contributed by atoms with Gasteiger partial charge in [0.1, 0.15) is 0 Å². The highest BCUT2D eigenvalue weighted by atomic mass is 16.2. The van der Waals surface area contributed by atoms with E-state index in [0.717, 1.165) is 51.0 Å². The first-order chi connectivity index (χ1) is 11.7. The Balaban J connectivity index is 1.19. The van der Waals surface area contributed by atoms with Crippen molar-refractivity contribution in [1.82, 2.24) is 19.6 Å². The Bertz CT molecular complexity index is 576. The van der Waals surface area contributed by atoms with Gasteiger partial charge in [-0.1, -0.05) is 0 Å². The molecule has 3 aliphatic rings. The molecule has 5 nitrogen and oxygen atoms in total. The van der Waals surface area contributed by atoms with E-state index in [1.54, 1.807) is 0 Å². The summed E-state index contributed by atoms with van der Waals surface area (Å²) in [5.41, 5.74) is 1.22. The van der Waals surface area contributed by atoms with E-state index < -0.39 is 0 Å². The van der Waals surface area contributed by atoms with E-state index in [0.29, 0.717) is 18.2 Å². The molecule has 0 radical (unpaired) electrons. The lowest BCUT2D eigenvalue weighted by atomic mass is 9.96. The molecule has 1 amide bonds. The van der Waals surface area contributed by atoms with Crippen LogP contribution in [0.15, 0.2) is 12.4 Å². The average Bonchev–Trinajstić information content (AvgIpc) is 3.30. The van der Waals surface area contributed by atoms with Crippen LogP contribution in [0.4, 0.5) is 0 Å². The van der Waals surface area contributed by atoms with Crippen LogP contribution in [0.1, 0.15) is 44.1 Å². The highest BCUT2D eigenvalue weighted by Crippen LogP contribution is 2.37. The van der Waals surface area contributed by atoms with Gasteiger partial charge in [-0.05, 0) is 56.4 Å². The third kappa shape index (κ3) is 3.51. The van der Waals surface area contributed by atoms with Gasteiger partial charge in [0.05, 0.1) is 6.20 Å². The Kier molecular flexibility index (Phi) is 4.61. The summed E-state index contributed by atoms with van der Waals surface area (Å²) < 4.78 is 2.06. The van der Waals surface area contributed by atoms with Crippen LogP contribution in [0.25, 0.3) is 0 Å². The highest BCUT2D eigenvalue weighted by Gasteiger charge is 2.37. The number of hydrogen-bond acceptors (Lipinski definition) is 3. The zero-order valence-electron chi connectivity index (χ0n) is 14.9. The molecule has 1 saturated carbocycles. The van der Waals surface area contributed by atoms with Crippen molar-refractivity contribution >= 4 is 5.91 Å². The first-order valence-corrected chi connectivity index (χ1v) is 9.68. The summed E-state index contributed by atoms with van der Waals surface area (Å²) in [6, 6.07) is 0.783. The predicted octanol–water partition coefficient (Wildman–Crippen LogP) is 2.30. The van der Waals surface area contributed by atoms with Crippen LogP contribution in [0, 0.1) is 18.8 Å². The molecule has 5 heteroatoms. The Morgan fingerprint density at radius 1 is 1.25 bits per heavy atom. The number of aryl methyl sites for hydroxylation is 1. The van der Waals surface area contributed by atoms with E-state index in [9.17, 15) is 4.79 Å². The minimum Gasteiger partial charge on any atom is -0.343 e. The SMILES string of the molecule is Cc1cnn(CC2CCN(C(=O)CCN3C[C@H]4CC[C@@H]3C4)CC2)c1. The predicted molar refractivity (Wildman–Crippen MR) is 93.6 cm³/mol. The van der Waals surface area contributed by atoms with E-state index in [1.165, 1.54) is 31.4 Å². The summed E-state index contributed by atoms with van der Waals surface area (Å²) in [4.78, 5) is 17.2. The van der Waals surface area contributed by atoms with E-state index in [1.807, 2.05) is 6.20 Å². The zero-order chi connectivity index (χ0) is 16.5. The minimum absolute atomic E-state index is 0.367. The molecule has 1 aliphatic carbocycles. The minimum atomic E-state index is 0.367.